The number of nitrogens with zero attached hydrogens (tertiary/aromatic N) is 3. The smallest absolute Gasteiger partial charge is 0.255 e. The molecular formula is C33H36N4O5. The van der Waals surface area contributed by atoms with Gasteiger partial charge in [0, 0.05) is 74.3 Å². The lowest BCUT2D eigenvalue weighted by atomic mass is 9.95. The van der Waals surface area contributed by atoms with Gasteiger partial charge in [-0.05, 0) is 66.8 Å². The number of piperidine rings is 1. The van der Waals surface area contributed by atoms with E-state index in [2.05, 4.69) is 47.5 Å². The van der Waals surface area contributed by atoms with E-state index in [1.54, 1.807) is 11.0 Å². The maximum Gasteiger partial charge on any atom is 0.255 e. The van der Waals surface area contributed by atoms with Crippen LogP contribution in [0.4, 0.5) is 0 Å². The molecule has 9 heteroatoms. The molecular weight excluding hydrogens is 532 g/mol. The molecule has 0 bridgehead atoms. The zero-order valence-electron chi connectivity index (χ0n) is 23.9. The Morgan fingerprint density at radius 3 is 2.69 bits per heavy atom. The molecule has 3 amide bonds. The van der Waals surface area contributed by atoms with Gasteiger partial charge in [0.25, 0.3) is 5.91 Å². The van der Waals surface area contributed by atoms with Crippen molar-refractivity contribution in [2.24, 2.45) is 5.92 Å². The summed E-state index contributed by atoms with van der Waals surface area (Å²) in [7, 11) is 0. The van der Waals surface area contributed by atoms with Crippen LogP contribution in [0.3, 0.4) is 0 Å². The van der Waals surface area contributed by atoms with Gasteiger partial charge in [0.05, 0.1) is 5.52 Å². The second-order valence-electron chi connectivity index (χ2n) is 12.2. The largest absolute Gasteiger partial charge is 0.489 e. The van der Waals surface area contributed by atoms with E-state index in [-0.39, 0.29) is 24.3 Å². The van der Waals surface area contributed by atoms with Gasteiger partial charge in [-0.15, -0.1) is 0 Å². The fourth-order valence-electron chi connectivity index (χ4n) is 6.88. The third kappa shape index (κ3) is 5.27. The Bertz CT molecular complexity index is 1550. The van der Waals surface area contributed by atoms with Gasteiger partial charge in [0.2, 0.25) is 11.8 Å². The number of nitrogens with one attached hydrogen (secondary N) is 1. The maximum absolute atomic E-state index is 13.0. The molecule has 0 spiro atoms. The van der Waals surface area contributed by atoms with Crippen molar-refractivity contribution >= 4 is 28.6 Å². The number of ether oxygens (including phenoxy) is 2. The minimum atomic E-state index is -0.615. The molecule has 7 rings (SSSR count). The van der Waals surface area contributed by atoms with Gasteiger partial charge in [-0.2, -0.15) is 0 Å². The van der Waals surface area contributed by atoms with E-state index < -0.39 is 11.9 Å². The molecule has 0 aliphatic carbocycles. The van der Waals surface area contributed by atoms with Crippen molar-refractivity contribution in [3.63, 3.8) is 0 Å². The van der Waals surface area contributed by atoms with Crippen molar-refractivity contribution in [2.75, 3.05) is 26.3 Å². The molecule has 4 aliphatic rings. The lowest BCUT2D eigenvalue weighted by Gasteiger charge is -2.29. The summed E-state index contributed by atoms with van der Waals surface area (Å²) in [5.41, 5.74) is 4.94. The van der Waals surface area contributed by atoms with Crippen LogP contribution in [0.2, 0.25) is 0 Å². The molecule has 9 nitrogen and oxygen atoms in total. The number of amides is 3. The summed E-state index contributed by atoms with van der Waals surface area (Å²) in [6, 6.07) is 15.9. The van der Waals surface area contributed by atoms with Crippen LogP contribution in [0, 0.1) is 5.92 Å². The molecule has 0 saturated carbocycles. The summed E-state index contributed by atoms with van der Waals surface area (Å²) >= 11 is 0. The Morgan fingerprint density at radius 1 is 1.00 bits per heavy atom. The molecule has 3 aromatic rings. The van der Waals surface area contributed by atoms with Gasteiger partial charge >= 0.3 is 0 Å². The van der Waals surface area contributed by atoms with Gasteiger partial charge in [-0.25, -0.2) is 0 Å². The number of pyridine rings is 1. The highest BCUT2D eigenvalue weighted by Crippen LogP contribution is 2.32. The number of hydrogen-bond donors (Lipinski definition) is 1. The van der Waals surface area contributed by atoms with E-state index in [0.717, 1.165) is 62.5 Å². The van der Waals surface area contributed by atoms with E-state index in [9.17, 15) is 14.4 Å². The molecule has 5 heterocycles. The zero-order valence-corrected chi connectivity index (χ0v) is 23.9. The van der Waals surface area contributed by atoms with Crippen molar-refractivity contribution in [3.05, 3.63) is 70.9 Å². The van der Waals surface area contributed by atoms with Crippen LogP contribution in [-0.2, 0) is 27.4 Å². The highest BCUT2D eigenvalue weighted by Gasteiger charge is 2.39. The fourth-order valence-corrected chi connectivity index (χ4v) is 6.88. The summed E-state index contributed by atoms with van der Waals surface area (Å²) in [5, 5.41) is 3.52. The maximum atomic E-state index is 13.0. The summed E-state index contributed by atoms with van der Waals surface area (Å²) in [6.45, 7) is 6.80. The SMILES string of the molecule is C[C@@H]1CN(Cc2ccc3nc(C4CCOCC4)ccc3c2)C[C@H]1Oc1ccc2c(c1)CN(C1CCC(=O)NC1=O)C2=O. The van der Waals surface area contributed by atoms with Crippen LogP contribution in [0.5, 0.6) is 5.75 Å². The molecule has 3 saturated heterocycles. The Morgan fingerprint density at radius 2 is 1.86 bits per heavy atom. The average Bonchev–Trinajstić information content (AvgIpc) is 3.50. The predicted octanol–water partition coefficient (Wildman–Crippen LogP) is 3.79. The number of imide groups is 1. The number of rotatable bonds is 6. The van der Waals surface area contributed by atoms with Crippen LogP contribution in [0.1, 0.15) is 65.7 Å². The second kappa shape index (κ2) is 11.1. The molecule has 2 aromatic carbocycles. The predicted molar refractivity (Wildman–Crippen MR) is 156 cm³/mol. The summed E-state index contributed by atoms with van der Waals surface area (Å²) in [4.78, 5) is 45.9. The number of fused-ring (bicyclic) bond motifs is 2. The fraction of sp³-hybridized carbons (Fsp3) is 0.455. The zero-order chi connectivity index (χ0) is 28.8. The number of hydrogen-bond acceptors (Lipinski definition) is 7. The molecule has 3 atom stereocenters. The van der Waals surface area contributed by atoms with Crippen LogP contribution < -0.4 is 10.1 Å². The van der Waals surface area contributed by atoms with Crippen molar-refractivity contribution in [1.29, 1.82) is 0 Å². The minimum Gasteiger partial charge on any atom is -0.489 e. The van der Waals surface area contributed by atoms with E-state index in [0.29, 0.717) is 30.4 Å². The van der Waals surface area contributed by atoms with Gasteiger partial charge < -0.3 is 14.4 Å². The molecule has 218 valence electrons. The van der Waals surface area contributed by atoms with E-state index in [1.165, 1.54) is 16.6 Å². The first-order chi connectivity index (χ1) is 20.4. The standard InChI is InChI=1S/C33H36N4O5/c1-20-16-36(17-21-2-6-28-23(14-21)3-7-27(34-28)22-10-12-41-13-11-22)19-30(20)42-25-4-5-26-24(15-25)18-37(33(26)40)29-8-9-31(38)35-32(29)39/h2-7,14-15,20,22,29-30H,8-13,16-19H2,1H3,(H,35,38,39)/t20-,29?,30-/m1/s1. The Hall–Kier alpha value is -3.82. The summed E-state index contributed by atoms with van der Waals surface area (Å²) < 4.78 is 12.0. The van der Waals surface area contributed by atoms with Crippen LogP contribution >= 0.6 is 0 Å². The van der Waals surface area contributed by atoms with Gasteiger partial charge in [-0.1, -0.05) is 19.1 Å². The molecule has 3 fully saturated rings. The molecule has 4 aliphatic heterocycles. The highest BCUT2D eigenvalue weighted by molar-refractivity contribution is 6.05. The first kappa shape index (κ1) is 27.0. The lowest BCUT2D eigenvalue weighted by molar-refractivity contribution is -0.136. The van der Waals surface area contributed by atoms with Gasteiger partial charge in [-0.3, -0.25) is 29.6 Å². The van der Waals surface area contributed by atoms with Crippen LogP contribution in [0.25, 0.3) is 10.9 Å². The average molecular weight is 569 g/mol. The topological polar surface area (TPSA) is 101 Å². The third-order valence-corrected chi connectivity index (χ3v) is 9.22. The van der Waals surface area contributed by atoms with E-state index in [1.807, 2.05) is 12.1 Å². The number of aromatic nitrogens is 1. The highest BCUT2D eigenvalue weighted by atomic mass is 16.5. The number of carbonyl (C=O) groups excluding carboxylic acids is 3. The van der Waals surface area contributed by atoms with Crippen LogP contribution in [-0.4, -0.2) is 71.0 Å². The Kier molecular flexibility index (Phi) is 7.15. The molecule has 0 radical (unpaired) electrons. The molecule has 1 aromatic heterocycles. The number of benzene rings is 2. The van der Waals surface area contributed by atoms with Crippen molar-refractivity contribution in [2.45, 2.75) is 63.8 Å². The first-order valence-corrected chi connectivity index (χ1v) is 15.1. The molecule has 1 unspecified atom stereocenters. The Balaban J connectivity index is 0.982. The first-order valence-electron chi connectivity index (χ1n) is 15.1. The van der Waals surface area contributed by atoms with Crippen molar-refractivity contribution in [3.8, 4) is 5.75 Å². The van der Waals surface area contributed by atoms with Crippen molar-refractivity contribution < 1.29 is 23.9 Å². The Labute approximate surface area is 245 Å². The quantitative estimate of drug-likeness (QED) is 0.452. The van der Waals surface area contributed by atoms with Crippen molar-refractivity contribution in [1.82, 2.24) is 20.1 Å². The second-order valence-corrected chi connectivity index (χ2v) is 12.2. The number of likely N-dealkylation sites (tertiary alicyclic amines) is 1. The molecule has 42 heavy (non-hydrogen) atoms. The van der Waals surface area contributed by atoms with Gasteiger partial charge in [0.15, 0.2) is 0 Å². The lowest BCUT2D eigenvalue weighted by Crippen LogP contribution is -2.52. The monoisotopic (exact) mass is 568 g/mol. The molecule has 1 N–H and O–H groups in total. The normalized spacial score (nSPS) is 25.2. The van der Waals surface area contributed by atoms with E-state index in [4.69, 9.17) is 14.5 Å². The summed E-state index contributed by atoms with van der Waals surface area (Å²) in [5.74, 6) is 0.726. The van der Waals surface area contributed by atoms with E-state index >= 15 is 0 Å². The number of carbonyl (C=O) groups is 3. The minimum absolute atomic E-state index is 0.0375. The summed E-state index contributed by atoms with van der Waals surface area (Å²) in [6.07, 6.45) is 2.72. The third-order valence-electron chi connectivity index (χ3n) is 9.22. The van der Waals surface area contributed by atoms with Gasteiger partial charge in [0.1, 0.15) is 17.9 Å². The van der Waals surface area contributed by atoms with Crippen LogP contribution in [0.15, 0.2) is 48.5 Å².